The zero-order chi connectivity index (χ0) is 17.5. The Morgan fingerprint density at radius 2 is 1.71 bits per heavy atom. The van der Waals surface area contributed by atoms with E-state index in [9.17, 15) is 0 Å². The largest absolute Gasteiger partial charge is 0.388 e. The van der Waals surface area contributed by atoms with Gasteiger partial charge in [-0.1, -0.05) is 60.6 Å². The number of allylic oxidation sites excluding steroid dienone is 7. The Labute approximate surface area is 147 Å². The molecule has 1 nitrogen and oxygen atoms in total. The third-order valence-electron chi connectivity index (χ3n) is 4.66. The third-order valence-corrected chi connectivity index (χ3v) is 4.66. The predicted octanol–water partition coefficient (Wildman–Crippen LogP) is 6.12. The summed E-state index contributed by atoms with van der Waals surface area (Å²) in [4.78, 5) is 0. The fourth-order valence-corrected chi connectivity index (χ4v) is 3.06. The molecule has 0 bridgehead atoms. The van der Waals surface area contributed by atoms with E-state index in [1.807, 2.05) is 7.05 Å². The standard InChI is InChI=1S/C23H31N/c1-6-18(3)22(16-20-10-8-7-9-11-20)15-17(2)14-19(4)23(24-5)21-12-13-21/h7-11,14-15,24H,6,12-13,16H2,1-5H3/b17-15-,19-14+,22-18-. The van der Waals surface area contributed by atoms with Gasteiger partial charge in [0, 0.05) is 12.7 Å². The molecule has 1 aliphatic rings. The third kappa shape index (κ3) is 5.26. The van der Waals surface area contributed by atoms with Crippen LogP contribution in [0.25, 0.3) is 0 Å². The highest BCUT2D eigenvalue weighted by Gasteiger charge is 2.17. The number of benzene rings is 1. The van der Waals surface area contributed by atoms with Gasteiger partial charge in [0.2, 0.25) is 0 Å². The van der Waals surface area contributed by atoms with Crippen LogP contribution in [0.3, 0.4) is 0 Å². The van der Waals surface area contributed by atoms with Gasteiger partial charge in [0.15, 0.2) is 0 Å². The second-order valence-corrected chi connectivity index (χ2v) is 6.77. The molecular formula is C23H31N. The van der Waals surface area contributed by atoms with Crippen LogP contribution in [0.2, 0.25) is 0 Å². The van der Waals surface area contributed by atoms with Crippen LogP contribution in [0.5, 0.6) is 0 Å². The SMILES string of the molecule is CC/C(C)=C(/C=C(C)\C=C(/C)C(NC)=C1CC1)Cc1ccccc1. The van der Waals surface area contributed by atoms with Gasteiger partial charge in [-0.25, -0.2) is 0 Å². The van der Waals surface area contributed by atoms with Gasteiger partial charge in [0.25, 0.3) is 0 Å². The molecule has 0 unspecified atom stereocenters. The van der Waals surface area contributed by atoms with Crippen molar-refractivity contribution in [2.24, 2.45) is 0 Å². The lowest BCUT2D eigenvalue weighted by molar-refractivity contribution is 0.987. The van der Waals surface area contributed by atoms with Crippen LogP contribution in [-0.4, -0.2) is 7.05 Å². The minimum Gasteiger partial charge on any atom is -0.388 e. The summed E-state index contributed by atoms with van der Waals surface area (Å²) >= 11 is 0. The Balaban J connectivity index is 2.24. The van der Waals surface area contributed by atoms with Crippen LogP contribution in [0, 0.1) is 0 Å². The van der Waals surface area contributed by atoms with E-state index in [2.05, 4.69) is 75.5 Å². The van der Waals surface area contributed by atoms with Crippen molar-refractivity contribution in [3.63, 3.8) is 0 Å². The van der Waals surface area contributed by atoms with Gasteiger partial charge in [-0.2, -0.15) is 0 Å². The van der Waals surface area contributed by atoms with Crippen LogP contribution in [0.1, 0.15) is 52.5 Å². The first kappa shape index (κ1) is 18.3. The van der Waals surface area contributed by atoms with Gasteiger partial charge in [0.05, 0.1) is 0 Å². The summed E-state index contributed by atoms with van der Waals surface area (Å²) in [5.41, 5.74) is 9.84. The molecular weight excluding hydrogens is 290 g/mol. The Bertz CT molecular complexity index is 678. The molecule has 0 spiro atoms. The fraction of sp³-hybridized carbons (Fsp3) is 0.391. The lowest BCUT2D eigenvalue weighted by Crippen LogP contribution is -2.07. The zero-order valence-corrected chi connectivity index (χ0v) is 15.9. The number of likely N-dealkylation sites (N-methyl/N-ethyl adjacent to an activating group) is 1. The Kier molecular flexibility index (Phi) is 6.66. The maximum atomic E-state index is 3.37. The van der Waals surface area contributed by atoms with E-state index >= 15 is 0 Å². The van der Waals surface area contributed by atoms with Crippen molar-refractivity contribution >= 4 is 0 Å². The molecule has 1 aromatic carbocycles. The lowest BCUT2D eigenvalue weighted by Gasteiger charge is -2.10. The van der Waals surface area contributed by atoms with Gasteiger partial charge in [-0.3, -0.25) is 0 Å². The Hall–Kier alpha value is -2.02. The molecule has 1 fully saturated rings. The summed E-state index contributed by atoms with van der Waals surface area (Å²) in [5.74, 6) is 0. The summed E-state index contributed by atoms with van der Waals surface area (Å²) in [5, 5.41) is 3.37. The van der Waals surface area contributed by atoms with Crippen molar-refractivity contribution in [3.05, 3.63) is 81.6 Å². The highest BCUT2D eigenvalue weighted by atomic mass is 14.8. The molecule has 2 rings (SSSR count). The predicted molar refractivity (Wildman–Crippen MR) is 106 cm³/mol. The summed E-state index contributed by atoms with van der Waals surface area (Å²) < 4.78 is 0. The van der Waals surface area contributed by atoms with Crippen molar-refractivity contribution in [2.45, 2.75) is 53.4 Å². The normalized spacial score (nSPS) is 16.0. The minimum absolute atomic E-state index is 1.00. The average Bonchev–Trinajstić information content (AvgIpc) is 3.40. The molecule has 1 aromatic rings. The Morgan fingerprint density at radius 1 is 1.04 bits per heavy atom. The van der Waals surface area contributed by atoms with Crippen LogP contribution in [0.4, 0.5) is 0 Å². The number of rotatable bonds is 7. The van der Waals surface area contributed by atoms with E-state index in [4.69, 9.17) is 0 Å². The van der Waals surface area contributed by atoms with E-state index in [0.29, 0.717) is 0 Å². The highest BCUT2D eigenvalue weighted by Crippen LogP contribution is 2.33. The van der Waals surface area contributed by atoms with Gasteiger partial charge in [0.1, 0.15) is 0 Å². The summed E-state index contributed by atoms with van der Waals surface area (Å²) in [6.07, 6.45) is 9.27. The van der Waals surface area contributed by atoms with Gasteiger partial charge in [-0.15, -0.1) is 0 Å². The molecule has 1 N–H and O–H groups in total. The molecule has 0 aromatic heterocycles. The number of hydrogen-bond acceptors (Lipinski definition) is 1. The lowest BCUT2D eigenvalue weighted by atomic mass is 9.96. The van der Waals surface area contributed by atoms with Crippen molar-refractivity contribution in [2.75, 3.05) is 7.05 Å². The molecule has 0 radical (unpaired) electrons. The number of hydrogen-bond donors (Lipinski definition) is 1. The summed E-state index contributed by atoms with van der Waals surface area (Å²) in [6, 6.07) is 10.7. The van der Waals surface area contributed by atoms with Gasteiger partial charge >= 0.3 is 0 Å². The first-order chi connectivity index (χ1) is 11.5. The van der Waals surface area contributed by atoms with Crippen LogP contribution in [-0.2, 0) is 6.42 Å². The van der Waals surface area contributed by atoms with Crippen LogP contribution >= 0.6 is 0 Å². The van der Waals surface area contributed by atoms with E-state index in [1.165, 1.54) is 46.4 Å². The van der Waals surface area contributed by atoms with E-state index in [-0.39, 0.29) is 0 Å². The van der Waals surface area contributed by atoms with Crippen LogP contribution < -0.4 is 5.32 Å². The van der Waals surface area contributed by atoms with E-state index < -0.39 is 0 Å². The van der Waals surface area contributed by atoms with Crippen LogP contribution in [0.15, 0.2) is 76.0 Å². The summed E-state index contributed by atoms with van der Waals surface area (Å²) in [7, 11) is 2.03. The molecule has 0 amide bonds. The number of nitrogens with one attached hydrogen (secondary N) is 1. The second kappa shape index (κ2) is 8.73. The minimum atomic E-state index is 1.00. The molecule has 0 atom stereocenters. The molecule has 0 aliphatic heterocycles. The first-order valence-electron chi connectivity index (χ1n) is 9.04. The molecule has 1 saturated carbocycles. The maximum Gasteiger partial charge on any atom is 0.0359 e. The Morgan fingerprint density at radius 3 is 2.25 bits per heavy atom. The first-order valence-corrected chi connectivity index (χ1v) is 9.04. The van der Waals surface area contributed by atoms with E-state index in [1.54, 1.807) is 5.57 Å². The van der Waals surface area contributed by atoms with Gasteiger partial charge < -0.3 is 5.32 Å². The quantitative estimate of drug-likeness (QED) is 0.597. The maximum absolute atomic E-state index is 3.37. The van der Waals surface area contributed by atoms with E-state index in [0.717, 1.165) is 12.8 Å². The topological polar surface area (TPSA) is 12.0 Å². The zero-order valence-electron chi connectivity index (χ0n) is 15.9. The monoisotopic (exact) mass is 321 g/mol. The molecule has 0 saturated heterocycles. The smallest absolute Gasteiger partial charge is 0.0359 e. The fourth-order valence-electron chi connectivity index (χ4n) is 3.06. The highest BCUT2D eigenvalue weighted by molar-refractivity contribution is 5.43. The molecule has 1 heteroatoms. The summed E-state index contributed by atoms with van der Waals surface area (Å²) in [6.45, 7) is 8.91. The molecule has 1 aliphatic carbocycles. The second-order valence-electron chi connectivity index (χ2n) is 6.77. The molecule has 0 heterocycles. The van der Waals surface area contributed by atoms with Crippen molar-refractivity contribution < 1.29 is 0 Å². The average molecular weight is 322 g/mol. The van der Waals surface area contributed by atoms with Crippen molar-refractivity contribution in [3.8, 4) is 0 Å². The molecule has 128 valence electrons. The van der Waals surface area contributed by atoms with Crippen molar-refractivity contribution in [1.82, 2.24) is 5.32 Å². The van der Waals surface area contributed by atoms with Gasteiger partial charge in [-0.05, 0) is 68.7 Å². The van der Waals surface area contributed by atoms with Crippen molar-refractivity contribution in [1.29, 1.82) is 0 Å². The molecule has 24 heavy (non-hydrogen) atoms.